The Bertz CT molecular complexity index is 248. The molecule has 0 saturated heterocycles. The fraction of sp³-hybridized carbons (Fsp3) is 0.250. The quantitative estimate of drug-likeness (QED) is 0.416. The molecule has 0 bridgehead atoms. The van der Waals surface area contributed by atoms with Crippen LogP contribution in [0.15, 0.2) is 24.3 Å². The summed E-state index contributed by atoms with van der Waals surface area (Å²) in [6, 6.07) is 1.47. The van der Waals surface area contributed by atoms with Gasteiger partial charge in [0.1, 0.15) is 12.4 Å². The van der Waals surface area contributed by atoms with Crippen molar-refractivity contribution < 1.29 is 9.18 Å². The zero-order valence-electron chi connectivity index (χ0n) is 5.70. The van der Waals surface area contributed by atoms with Crippen LogP contribution in [-0.4, -0.2) is 12.0 Å². The minimum atomic E-state index is -2.01. The van der Waals surface area contributed by atoms with Gasteiger partial charge in [0, 0.05) is 0 Å². The number of nitrogens with zero attached hydrogens (tertiary/aromatic N) is 1. The molecule has 0 heterocycles. The smallest absolute Gasteiger partial charge is 0.232 e. The van der Waals surface area contributed by atoms with Crippen molar-refractivity contribution in [2.24, 2.45) is 5.92 Å². The van der Waals surface area contributed by atoms with E-state index in [4.69, 9.17) is 5.26 Å². The lowest BCUT2D eigenvalue weighted by molar-refractivity contribution is -0.108. The van der Waals surface area contributed by atoms with E-state index in [2.05, 4.69) is 0 Å². The summed E-state index contributed by atoms with van der Waals surface area (Å²) in [6.07, 6.45) is 5.61. The molecule has 0 aromatic rings. The van der Waals surface area contributed by atoms with Crippen molar-refractivity contribution in [2.75, 3.05) is 0 Å². The monoisotopic (exact) mass is 151 g/mol. The first-order chi connectivity index (χ1) is 5.20. The van der Waals surface area contributed by atoms with E-state index in [9.17, 15) is 9.18 Å². The lowest BCUT2D eigenvalue weighted by Gasteiger charge is -2.12. The predicted octanol–water partition coefficient (Wildman–Crippen LogP) is 1.16. The number of hydrogen-bond acceptors (Lipinski definition) is 2. The van der Waals surface area contributed by atoms with Gasteiger partial charge in [0.15, 0.2) is 0 Å². The molecule has 0 radical (unpaired) electrons. The van der Waals surface area contributed by atoms with Crippen molar-refractivity contribution in [1.82, 2.24) is 0 Å². The van der Waals surface area contributed by atoms with Crippen molar-refractivity contribution in [3.63, 3.8) is 0 Å². The summed E-state index contributed by atoms with van der Waals surface area (Å²) in [6.45, 7) is 0. The second kappa shape index (κ2) is 2.67. The Kier molecular flexibility index (Phi) is 1.86. The van der Waals surface area contributed by atoms with Gasteiger partial charge in [0.05, 0.1) is 5.92 Å². The number of hydrogen-bond donors (Lipinski definition) is 0. The predicted molar refractivity (Wildman–Crippen MR) is 37.3 cm³/mol. The maximum Gasteiger partial charge on any atom is 0.232 e. The van der Waals surface area contributed by atoms with Crippen molar-refractivity contribution in [3.05, 3.63) is 24.3 Å². The zero-order valence-corrected chi connectivity index (χ0v) is 5.70. The van der Waals surface area contributed by atoms with Crippen molar-refractivity contribution in [3.8, 4) is 6.07 Å². The first kappa shape index (κ1) is 7.67. The molecule has 0 saturated carbocycles. The second-order valence-electron chi connectivity index (χ2n) is 2.31. The SMILES string of the molecule is N#CC1(F)C=CC(C=O)C=C1. The van der Waals surface area contributed by atoms with Gasteiger partial charge in [0.25, 0.3) is 0 Å². The van der Waals surface area contributed by atoms with Crippen LogP contribution in [0.4, 0.5) is 4.39 Å². The van der Waals surface area contributed by atoms with E-state index in [0.29, 0.717) is 6.29 Å². The van der Waals surface area contributed by atoms with Gasteiger partial charge in [-0.05, 0) is 12.2 Å². The summed E-state index contributed by atoms with van der Waals surface area (Å²) in [5, 5.41) is 8.29. The third kappa shape index (κ3) is 1.53. The van der Waals surface area contributed by atoms with Gasteiger partial charge in [-0.1, -0.05) is 12.2 Å². The van der Waals surface area contributed by atoms with E-state index in [1.54, 1.807) is 0 Å². The van der Waals surface area contributed by atoms with Crippen LogP contribution in [0.5, 0.6) is 0 Å². The minimum Gasteiger partial charge on any atom is -0.302 e. The molecule has 0 spiro atoms. The van der Waals surface area contributed by atoms with Gasteiger partial charge < -0.3 is 4.79 Å². The molecule has 0 amide bonds. The molecule has 0 aliphatic heterocycles. The molecule has 0 aromatic carbocycles. The van der Waals surface area contributed by atoms with Crippen LogP contribution in [0.25, 0.3) is 0 Å². The Morgan fingerprint density at radius 3 is 2.45 bits per heavy atom. The first-order valence-electron chi connectivity index (χ1n) is 3.14. The van der Waals surface area contributed by atoms with E-state index < -0.39 is 5.67 Å². The lowest BCUT2D eigenvalue weighted by atomic mass is 9.96. The Hall–Kier alpha value is -1.43. The van der Waals surface area contributed by atoms with Crippen LogP contribution < -0.4 is 0 Å². The number of allylic oxidation sites excluding steroid dienone is 4. The number of alkyl halides is 1. The first-order valence-corrected chi connectivity index (χ1v) is 3.14. The Morgan fingerprint density at radius 2 is 2.09 bits per heavy atom. The third-order valence-corrected chi connectivity index (χ3v) is 1.45. The van der Waals surface area contributed by atoms with E-state index in [-0.39, 0.29) is 5.92 Å². The summed E-state index contributed by atoms with van der Waals surface area (Å²) in [5.41, 5.74) is -2.01. The molecule has 0 N–H and O–H groups in total. The number of aldehydes is 1. The summed E-state index contributed by atoms with van der Waals surface area (Å²) in [7, 11) is 0. The van der Waals surface area contributed by atoms with E-state index in [1.165, 1.54) is 18.2 Å². The zero-order chi connectivity index (χ0) is 8.32. The third-order valence-electron chi connectivity index (χ3n) is 1.45. The fourth-order valence-electron chi connectivity index (χ4n) is 0.787. The molecule has 0 aromatic heterocycles. The molecular weight excluding hydrogens is 145 g/mol. The maximum atomic E-state index is 13.0. The van der Waals surface area contributed by atoms with Crippen LogP contribution in [0, 0.1) is 17.2 Å². The van der Waals surface area contributed by atoms with Gasteiger partial charge in [-0.3, -0.25) is 0 Å². The number of rotatable bonds is 1. The molecule has 2 nitrogen and oxygen atoms in total. The van der Waals surface area contributed by atoms with Gasteiger partial charge in [0.2, 0.25) is 5.67 Å². The van der Waals surface area contributed by atoms with E-state index in [1.807, 2.05) is 0 Å². The summed E-state index contributed by atoms with van der Waals surface area (Å²) in [4.78, 5) is 10.2. The van der Waals surface area contributed by atoms with Gasteiger partial charge in [-0.25, -0.2) is 4.39 Å². The van der Waals surface area contributed by atoms with E-state index in [0.717, 1.165) is 12.2 Å². The summed E-state index contributed by atoms with van der Waals surface area (Å²) >= 11 is 0. The van der Waals surface area contributed by atoms with Crippen molar-refractivity contribution in [2.45, 2.75) is 5.67 Å². The number of nitriles is 1. The minimum absolute atomic E-state index is 0.382. The molecule has 1 rings (SSSR count). The van der Waals surface area contributed by atoms with Crippen LogP contribution in [0.3, 0.4) is 0 Å². The average Bonchev–Trinajstić information content (AvgIpc) is 2.06. The highest BCUT2D eigenvalue weighted by Crippen LogP contribution is 2.20. The fourth-order valence-corrected chi connectivity index (χ4v) is 0.787. The molecule has 0 fully saturated rings. The Morgan fingerprint density at radius 1 is 1.55 bits per heavy atom. The Balaban J connectivity index is 2.81. The molecule has 3 heteroatoms. The summed E-state index contributed by atoms with van der Waals surface area (Å²) in [5.74, 6) is -0.382. The average molecular weight is 151 g/mol. The van der Waals surface area contributed by atoms with Gasteiger partial charge in [-0.2, -0.15) is 5.26 Å². The molecule has 1 aliphatic carbocycles. The largest absolute Gasteiger partial charge is 0.302 e. The number of halogens is 1. The summed E-state index contributed by atoms with van der Waals surface area (Å²) < 4.78 is 13.0. The number of carbonyl (C=O) groups is 1. The molecule has 1 aliphatic rings. The molecule has 0 unspecified atom stereocenters. The van der Waals surface area contributed by atoms with Crippen LogP contribution >= 0.6 is 0 Å². The van der Waals surface area contributed by atoms with Crippen LogP contribution in [-0.2, 0) is 4.79 Å². The number of carbonyl (C=O) groups excluding carboxylic acids is 1. The highest BCUT2D eigenvalue weighted by atomic mass is 19.1. The second-order valence-corrected chi connectivity index (χ2v) is 2.31. The lowest BCUT2D eigenvalue weighted by Crippen LogP contribution is -2.17. The molecule has 56 valence electrons. The highest BCUT2D eigenvalue weighted by Gasteiger charge is 2.24. The maximum absolute atomic E-state index is 13.0. The van der Waals surface area contributed by atoms with Gasteiger partial charge >= 0.3 is 0 Å². The topological polar surface area (TPSA) is 40.9 Å². The molecule has 11 heavy (non-hydrogen) atoms. The Labute approximate surface area is 63.6 Å². The normalized spacial score (nSPS) is 34.7. The molecule has 0 atom stereocenters. The van der Waals surface area contributed by atoms with Crippen LogP contribution in [0.2, 0.25) is 0 Å². The standard InChI is InChI=1S/C8H6FNO/c9-8(6-10)3-1-7(5-11)2-4-8/h1-5,7H. The van der Waals surface area contributed by atoms with E-state index >= 15 is 0 Å². The van der Waals surface area contributed by atoms with Crippen molar-refractivity contribution in [1.29, 1.82) is 5.26 Å². The van der Waals surface area contributed by atoms with Gasteiger partial charge in [-0.15, -0.1) is 0 Å². The molecular formula is C8H6FNO. The highest BCUT2D eigenvalue weighted by molar-refractivity contribution is 5.61. The van der Waals surface area contributed by atoms with Crippen molar-refractivity contribution >= 4 is 6.29 Å². The van der Waals surface area contributed by atoms with Crippen LogP contribution in [0.1, 0.15) is 0 Å².